The smallest absolute Gasteiger partial charge is 0.193 e. The number of hydrogen-bond acceptors (Lipinski definition) is 3. The van der Waals surface area contributed by atoms with E-state index in [4.69, 9.17) is 9.47 Å². The molecule has 238 valence electrons. The van der Waals surface area contributed by atoms with E-state index in [1.165, 1.54) is 102 Å². The van der Waals surface area contributed by atoms with E-state index in [1.807, 2.05) is 60.7 Å². The van der Waals surface area contributed by atoms with E-state index in [-0.39, 0.29) is 16.8 Å². The third-order valence-corrected chi connectivity index (χ3v) is 9.33. The van der Waals surface area contributed by atoms with E-state index in [9.17, 15) is 4.79 Å². The summed E-state index contributed by atoms with van der Waals surface area (Å²) in [6.07, 6.45) is 21.1. The molecule has 0 saturated carbocycles. The molecule has 4 heterocycles. The highest BCUT2D eigenvalue weighted by Crippen LogP contribution is 2.31. The van der Waals surface area contributed by atoms with Crippen molar-refractivity contribution in [3.8, 4) is 17.2 Å². The van der Waals surface area contributed by atoms with Crippen molar-refractivity contribution in [3.63, 3.8) is 0 Å². The molecule has 6 bridgehead atoms. The van der Waals surface area contributed by atoms with Crippen molar-refractivity contribution in [2.75, 3.05) is 0 Å². The van der Waals surface area contributed by atoms with Crippen molar-refractivity contribution in [3.05, 3.63) is 89.5 Å². The Morgan fingerprint density at radius 2 is 0.818 bits per heavy atom. The molecule has 0 aliphatic carbocycles. The summed E-state index contributed by atoms with van der Waals surface area (Å²) in [5.74, 6) is 2.34. The second kappa shape index (κ2) is 16.8. The van der Waals surface area contributed by atoms with Gasteiger partial charge < -0.3 is 9.47 Å². The van der Waals surface area contributed by atoms with Gasteiger partial charge in [0.25, 0.3) is 0 Å². The zero-order chi connectivity index (χ0) is 31.3. The monoisotopic (exact) mass is 596 g/mol. The normalized spacial score (nSPS) is 19.6. The Hall–Kier alpha value is -3.07. The third-order valence-electron chi connectivity index (χ3n) is 9.33. The number of fused-ring (bicyclic) bond motifs is 3. The van der Waals surface area contributed by atoms with Crippen molar-refractivity contribution < 1.29 is 14.3 Å². The number of ketones is 1. The number of hydrogen-bond donors (Lipinski definition) is 0. The molecule has 4 aliphatic heterocycles. The summed E-state index contributed by atoms with van der Waals surface area (Å²) >= 11 is 0. The second-order valence-electron chi connectivity index (χ2n) is 14.2. The molecule has 0 radical (unpaired) electrons. The van der Waals surface area contributed by atoms with Gasteiger partial charge in [0.05, 0.1) is 0 Å². The Morgan fingerprint density at radius 3 is 1.30 bits per heavy atom. The van der Waals surface area contributed by atoms with Crippen LogP contribution in [0.4, 0.5) is 0 Å². The Bertz CT molecular complexity index is 1250. The zero-order valence-electron chi connectivity index (χ0n) is 28.0. The van der Waals surface area contributed by atoms with Crippen LogP contribution >= 0.6 is 0 Å². The van der Waals surface area contributed by atoms with Crippen molar-refractivity contribution in [1.82, 2.24) is 0 Å². The van der Waals surface area contributed by atoms with Gasteiger partial charge >= 0.3 is 0 Å². The van der Waals surface area contributed by atoms with Crippen molar-refractivity contribution >= 4 is 5.78 Å². The summed E-state index contributed by atoms with van der Waals surface area (Å²) in [4.78, 5) is 13.2. The summed E-state index contributed by atoms with van der Waals surface area (Å²) in [6, 6.07) is 23.5. The fourth-order valence-corrected chi connectivity index (χ4v) is 6.38. The summed E-state index contributed by atoms with van der Waals surface area (Å²) < 4.78 is 12.4. The largest absolute Gasteiger partial charge is 0.488 e. The van der Waals surface area contributed by atoms with Crippen LogP contribution in [-0.4, -0.2) is 11.4 Å². The van der Waals surface area contributed by atoms with Crippen LogP contribution in [0, 0.1) is 0 Å². The molecule has 3 aromatic carbocycles. The molecule has 0 unspecified atom stereocenters. The highest BCUT2D eigenvalue weighted by Gasteiger charge is 2.21. The Morgan fingerprint density at radius 1 is 0.455 bits per heavy atom. The number of benzene rings is 3. The SMILES string of the molecule is CC1(C)CCCCCCCCCCCCCCCCC(C)(C)c2ccc(cc2)C(=O)c2ccc(cc2)Oc2ccc(cc2)O1. The van der Waals surface area contributed by atoms with E-state index < -0.39 is 0 Å². The predicted octanol–water partition coefficient (Wildman–Crippen LogP) is 12.4. The van der Waals surface area contributed by atoms with E-state index in [2.05, 4.69) is 39.8 Å². The first-order valence-corrected chi connectivity index (χ1v) is 17.4. The maximum atomic E-state index is 13.2. The lowest BCUT2D eigenvalue weighted by Gasteiger charge is -2.26. The summed E-state index contributed by atoms with van der Waals surface area (Å²) in [5, 5.41) is 0. The Kier molecular flexibility index (Phi) is 12.9. The van der Waals surface area contributed by atoms with Gasteiger partial charge in [0, 0.05) is 11.1 Å². The van der Waals surface area contributed by atoms with Crippen LogP contribution in [-0.2, 0) is 5.41 Å². The van der Waals surface area contributed by atoms with Gasteiger partial charge in [0.2, 0.25) is 0 Å². The first-order valence-electron chi connectivity index (χ1n) is 17.4. The quantitative estimate of drug-likeness (QED) is 0.259. The third kappa shape index (κ3) is 11.1. The predicted molar refractivity (Wildman–Crippen MR) is 184 cm³/mol. The topological polar surface area (TPSA) is 35.5 Å². The number of ether oxygens (including phenoxy) is 2. The zero-order valence-corrected chi connectivity index (χ0v) is 28.0. The minimum atomic E-state index is -0.195. The van der Waals surface area contributed by atoms with Crippen LogP contribution in [0.15, 0.2) is 72.8 Å². The van der Waals surface area contributed by atoms with Gasteiger partial charge in [0.1, 0.15) is 22.8 Å². The van der Waals surface area contributed by atoms with Crippen LogP contribution in [0.5, 0.6) is 17.2 Å². The fraction of sp³-hybridized carbons (Fsp3) is 0.537. The van der Waals surface area contributed by atoms with E-state index in [1.54, 1.807) is 0 Å². The molecule has 0 saturated heterocycles. The molecule has 7 rings (SSSR count). The van der Waals surface area contributed by atoms with Gasteiger partial charge in [-0.2, -0.15) is 0 Å². The lowest BCUT2D eigenvalue weighted by atomic mass is 9.79. The van der Waals surface area contributed by atoms with E-state index in [0.29, 0.717) is 11.3 Å². The average Bonchev–Trinajstić information content (AvgIpc) is 3.01. The standard InChI is InChI=1S/C41H56O3/c1-40(2)31-17-15-13-11-9-7-5-6-8-10-12-14-16-18-32-41(3,4)44-38-29-27-37(28-30-38)43-36-25-21-34(22-26-36)39(42)33-19-23-35(40)24-20-33/h19-30H,5-18,31-32H2,1-4H3. The number of carbonyl (C=O) groups is 1. The van der Waals surface area contributed by atoms with Crippen molar-refractivity contribution in [2.24, 2.45) is 0 Å². The van der Waals surface area contributed by atoms with Crippen LogP contribution in [0.25, 0.3) is 0 Å². The van der Waals surface area contributed by atoms with Crippen molar-refractivity contribution in [2.45, 2.75) is 141 Å². The minimum Gasteiger partial charge on any atom is -0.488 e. The molecule has 44 heavy (non-hydrogen) atoms. The van der Waals surface area contributed by atoms with Crippen LogP contribution < -0.4 is 9.47 Å². The molecule has 3 aromatic rings. The molecule has 0 amide bonds. The number of carbonyl (C=O) groups excluding carboxylic acids is 1. The summed E-state index contributed by atoms with van der Waals surface area (Å²) in [6.45, 7) is 9.03. The van der Waals surface area contributed by atoms with Crippen LogP contribution in [0.2, 0.25) is 0 Å². The van der Waals surface area contributed by atoms with Gasteiger partial charge in [-0.1, -0.05) is 122 Å². The first kappa shape index (κ1) is 33.8. The molecule has 0 atom stereocenters. The maximum Gasteiger partial charge on any atom is 0.193 e. The van der Waals surface area contributed by atoms with Gasteiger partial charge in [-0.25, -0.2) is 0 Å². The van der Waals surface area contributed by atoms with E-state index in [0.717, 1.165) is 23.5 Å². The molecule has 3 nitrogen and oxygen atoms in total. The minimum absolute atomic E-state index is 0.0339. The molecule has 3 heteroatoms. The summed E-state index contributed by atoms with van der Waals surface area (Å²) in [7, 11) is 0. The Balaban J connectivity index is 1.38. The van der Waals surface area contributed by atoms with E-state index >= 15 is 0 Å². The Labute approximate surface area is 267 Å². The molecular weight excluding hydrogens is 540 g/mol. The van der Waals surface area contributed by atoms with Crippen LogP contribution in [0.1, 0.15) is 152 Å². The highest BCUT2D eigenvalue weighted by molar-refractivity contribution is 6.09. The molecule has 0 aromatic heterocycles. The van der Waals surface area contributed by atoms with Crippen molar-refractivity contribution in [1.29, 1.82) is 0 Å². The highest BCUT2D eigenvalue weighted by atomic mass is 16.5. The lowest BCUT2D eigenvalue weighted by molar-refractivity contribution is 0.0959. The maximum absolute atomic E-state index is 13.2. The molecule has 0 spiro atoms. The molecule has 0 N–H and O–H groups in total. The first-order chi connectivity index (χ1) is 21.2. The number of rotatable bonds is 0. The summed E-state index contributed by atoms with van der Waals surface area (Å²) in [5.41, 5.74) is 2.60. The van der Waals surface area contributed by atoms with Gasteiger partial charge in [-0.15, -0.1) is 0 Å². The molecule has 4 aliphatic rings. The van der Waals surface area contributed by atoms with Gasteiger partial charge in [0.15, 0.2) is 5.78 Å². The lowest BCUT2D eigenvalue weighted by Crippen LogP contribution is -2.27. The average molecular weight is 597 g/mol. The van der Waals surface area contributed by atoms with Gasteiger partial charge in [-0.3, -0.25) is 4.79 Å². The van der Waals surface area contributed by atoms with Crippen LogP contribution in [0.3, 0.4) is 0 Å². The molecular formula is C41H56O3. The fourth-order valence-electron chi connectivity index (χ4n) is 6.38. The molecule has 0 fully saturated rings. The van der Waals surface area contributed by atoms with Gasteiger partial charge in [-0.05, 0) is 92.6 Å². The second-order valence-corrected chi connectivity index (χ2v) is 14.2.